The molecule has 0 spiro atoms. The topological polar surface area (TPSA) is 107 Å². The van der Waals surface area contributed by atoms with Gasteiger partial charge in [-0.25, -0.2) is 14.4 Å². The molecular formula is C18H18ClFN6O. The highest BCUT2D eigenvalue weighted by Gasteiger charge is 2.19. The Morgan fingerprint density at radius 3 is 2.74 bits per heavy atom. The van der Waals surface area contributed by atoms with Crippen molar-refractivity contribution in [3.63, 3.8) is 0 Å². The number of halogens is 2. The predicted molar refractivity (Wildman–Crippen MR) is 103 cm³/mol. The summed E-state index contributed by atoms with van der Waals surface area (Å²) in [5.74, 6) is -0.925. The molecule has 27 heavy (non-hydrogen) atoms. The summed E-state index contributed by atoms with van der Waals surface area (Å²) in [6.45, 7) is 3.71. The molecule has 1 amide bonds. The lowest BCUT2D eigenvalue weighted by Crippen LogP contribution is -2.30. The molecule has 0 atom stereocenters. The zero-order valence-corrected chi connectivity index (χ0v) is 15.7. The van der Waals surface area contributed by atoms with E-state index in [2.05, 4.69) is 25.6 Å². The molecule has 140 valence electrons. The van der Waals surface area contributed by atoms with Gasteiger partial charge < -0.3 is 15.6 Å². The van der Waals surface area contributed by atoms with Crippen LogP contribution in [-0.2, 0) is 0 Å². The van der Waals surface area contributed by atoms with Crippen molar-refractivity contribution in [2.24, 2.45) is 0 Å². The lowest BCUT2D eigenvalue weighted by molar-refractivity contribution is 0.0944. The molecule has 0 bridgehead atoms. The van der Waals surface area contributed by atoms with Gasteiger partial charge in [-0.3, -0.25) is 10.2 Å². The van der Waals surface area contributed by atoms with Crippen LogP contribution in [0.1, 0.15) is 35.5 Å². The summed E-state index contributed by atoms with van der Waals surface area (Å²) in [6.07, 6.45) is 2.92. The highest BCUT2D eigenvalue weighted by atomic mass is 35.5. The smallest absolute Gasteiger partial charge is 0.255 e. The second-order valence-electron chi connectivity index (χ2n) is 6.22. The lowest BCUT2D eigenvalue weighted by Gasteiger charge is -2.11. The summed E-state index contributed by atoms with van der Waals surface area (Å²) < 4.78 is 13.9. The first-order chi connectivity index (χ1) is 12.8. The Morgan fingerprint density at radius 1 is 1.33 bits per heavy atom. The van der Waals surface area contributed by atoms with Gasteiger partial charge in [0.15, 0.2) is 5.65 Å². The summed E-state index contributed by atoms with van der Waals surface area (Å²) in [4.78, 5) is 23.9. The van der Waals surface area contributed by atoms with Crippen LogP contribution < -0.4 is 10.6 Å². The monoisotopic (exact) mass is 388 g/mol. The molecule has 0 radical (unpaired) electrons. The summed E-state index contributed by atoms with van der Waals surface area (Å²) in [5, 5.41) is 14.1. The van der Waals surface area contributed by atoms with Gasteiger partial charge >= 0.3 is 0 Å². The van der Waals surface area contributed by atoms with E-state index in [1.54, 1.807) is 7.05 Å². The van der Waals surface area contributed by atoms with Gasteiger partial charge in [-0.15, -0.1) is 0 Å². The molecule has 0 saturated carbocycles. The predicted octanol–water partition coefficient (Wildman–Crippen LogP) is 3.35. The van der Waals surface area contributed by atoms with Crippen LogP contribution in [0, 0.1) is 11.2 Å². The number of anilines is 1. The standard InChI is InChI=1S/C18H18ClFN6O/c1-8(2)25-18(27)10-6-23-17-16(10)26-14(7-24-17)15(21)9-4-12(20)11(19)5-13(9)22-3/h4-8,21-22H,1-3H3,(H,23,24)(H,25,27). The molecular weight excluding hydrogens is 371 g/mol. The highest BCUT2D eigenvalue weighted by molar-refractivity contribution is 6.31. The first-order valence-electron chi connectivity index (χ1n) is 8.23. The summed E-state index contributed by atoms with van der Waals surface area (Å²) >= 11 is 5.81. The number of carbonyl (C=O) groups is 1. The minimum absolute atomic E-state index is 0.0351. The molecule has 0 aliphatic carbocycles. The fourth-order valence-corrected chi connectivity index (χ4v) is 2.79. The average Bonchev–Trinajstić information content (AvgIpc) is 3.05. The van der Waals surface area contributed by atoms with Gasteiger partial charge in [-0.05, 0) is 26.0 Å². The maximum atomic E-state index is 13.9. The Hall–Kier alpha value is -3.00. The van der Waals surface area contributed by atoms with Crippen LogP contribution in [-0.4, -0.2) is 39.7 Å². The molecule has 0 fully saturated rings. The van der Waals surface area contributed by atoms with Crippen LogP contribution in [0.2, 0.25) is 5.02 Å². The van der Waals surface area contributed by atoms with E-state index in [9.17, 15) is 9.18 Å². The van der Waals surface area contributed by atoms with E-state index in [1.807, 2.05) is 13.8 Å². The van der Waals surface area contributed by atoms with Crippen LogP contribution in [0.5, 0.6) is 0 Å². The molecule has 4 N–H and O–H groups in total. The van der Waals surface area contributed by atoms with Gasteiger partial charge in [-0.1, -0.05) is 11.6 Å². The zero-order chi connectivity index (χ0) is 19.7. The van der Waals surface area contributed by atoms with E-state index in [1.165, 1.54) is 24.5 Å². The van der Waals surface area contributed by atoms with E-state index in [-0.39, 0.29) is 33.9 Å². The van der Waals surface area contributed by atoms with Crippen LogP contribution >= 0.6 is 11.6 Å². The molecule has 0 aliphatic heterocycles. The normalized spacial score (nSPS) is 11.0. The third kappa shape index (κ3) is 3.61. The molecule has 0 unspecified atom stereocenters. The fourth-order valence-electron chi connectivity index (χ4n) is 2.62. The molecule has 0 saturated heterocycles. The Kier molecular flexibility index (Phi) is 5.09. The van der Waals surface area contributed by atoms with Crippen molar-refractivity contribution in [1.29, 1.82) is 5.41 Å². The molecule has 1 aromatic carbocycles. The number of carbonyl (C=O) groups excluding carboxylic acids is 1. The number of amides is 1. The van der Waals surface area contributed by atoms with Crippen molar-refractivity contribution in [2.75, 3.05) is 12.4 Å². The number of hydrogen-bond acceptors (Lipinski definition) is 5. The largest absolute Gasteiger partial charge is 0.388 e. The highest BCUT2D eigenvalue weighted by Crippen LogP contribution is 2.26. The Labute approximate surface area is 159 Å². The van der Waals surface area contributed by atoms with Gasteiger partial charge in [0.05, 0.1) is 22.5 Å². The van der Waals surface area contributed by atoms with Gasteiger partial charge in [0.2, 0.25) is 0 Å². The third-order valence-electron chi connectivity index (χ3n) is 3.90. The number of rotatable bonds is 5. The Morgan fingerprint density at radius 2 is 2.07 bits per heavy atom. The Balaban J connectivity index is 2.06. The van der Waals surface area contributed by atoms with Crippen molar-refractivity contribution >= 4 is 40.1 Å². The van der Waals surface area contributed by atoms with Crippen molar-refractivity contribution in [3.05, 3.63) is 52.2 Å². The first kappa shape index (κ1) is 18.8. The lowest BCUT2D eigenvalue weighted by atomic mass is 10.0. The van der Waals surface area contributed by atoms with Crippen molar-refractivity contribution in [2.45, 2.75) is 19.9 Å². The molecule has 0 aliphatic rings. The number of aromatic nitrogens is 3. The SMILES string of the molecule is CNc1cc(Cl)c(F)cc1C(=N)c1cnc2[nH]cc(C(=O)NC(C)C)c2n1. The molecule has 7 nitrogen and oxygen atoms in total. The maximum Gasteiger partial charge on any atom is 0.255 e. The van der Waals surface area contributed by atoms with Gasteiger partial charge in [0.1, 0.15) is 17.0 Å². The number of nitrogens with one attached hydrogen (secondary N) is 4. The van der Waals surface area contributed by atoms with Gasteiger partial charge in [0, 0.05) is 30.5 Å². The second kappa shape index (κ2) is 7.32. The minimum atomic E-state index is -0.636. The number of H-pyrrole nitrogens is 1. The second-order valence-corrected chi connectivity index (χ2v) is 6.63. The average molecular weight is 389 g/mol. The molecule has 3 rings (SSSR count). The van der Waals surface area contributed by atoms with Crippen LogP contribution in [0.15, 0.2) is 24.5 Å². The number of benzene rings is 1. The van der Waals surface area contributed by atoms with Crippen LogP contribution in [0.25, 0.3) is 11.2 Å². The molecule has 2 heterocycles. The van der Waals surface area contributed by atoms with E-state index in [0.29, 0.717) is 22.4 Å². The number of fused-ring (bicyclic) bond motifs is 1. The van der Waals surface area contributed by atoms with Crippen LogP contribution in [0.4, 0.5) is 10.1 Å². The van der Waals surface area contributed by atoms with Gasteiger partial charge in [0.25, 0.3) is 5.91 Å². The fraction of sp³-hybridized carbons (Fsp3) is 0.222. The third-order valence-corrected chi connectivity index (χ3v) is 4.19. The molecule has 2 aromatic heterocycles. The van der Waals surface area contributed by atoms with E-state index in [4.69, 9.17) is 17.0 Å². The van der Waals surface area contributed by atoms with Crippen molar-refractivity contribution in [1.82, 2.24) is 20.3 Å². The summed E-state index contributed by atoms with van der Waals surface area (Å²) in [7, 11) is 1.65. The first-order valence-corrected chi connectivity index (χ1v) is 8.60. The van der Waals surface area contributed by atoms with Crippen molar-refractivity contribution in [3.8, 4) is 0 Å². The maximum absolute atomic E-state index is 13.9. The molecule has 9 heteroatoms. The number of nitrogens with zero attached hydrogens (tertiary/aromatic N) is 2. The minimum Gasteiger partial charge on any atom is -0.388 e. The van der Waals surface area contributed by atoms with Crippen LogP contribution in [0.3, 0.4) is 0 Å². The van der Waals surface area contributed by atoms with Gasteiger partial charge in [-0.2, -0.15) is 0 Å². The van der Waals surface area contributed by atoms with E-state index >= 15 is 0 Å². The number of hydrogen-bond donors (Lipinski definition) is 4. The number of aromatic amines is 1. The van der Waals surface area contributed by atoms with E-state index in [0.717, 1.165) is 0 Å². The quantitative estimate of drug-likeness (QED) is 0.503. The summed E-state index contributed by atoms with van der Waals surface area (Å²) in [6, 6.07) is 2.54. The van der Waals surface area contributed by atoms with Crippen molar-refractivity contribution < 1.29 is 9.18 Å². The molecule has 3 aromatic rings. The summed E-state index contributed by atoms with van der Waals surface area (Å²) in [5.41, 5.74) is 2.04. The Bertz CT molecular complexity index is 1050. The van der Waals surface area contributed by atoms with E-state index < -0.39 is 5.82 Å². The zero-order valence-electron chi connectivity index (χ0n) is 14.9.